The molecule has 28 heavy (non-hydrogen) atoms. The molecule has 0 spiro atoms. The molecule has 0 bridgehead atoms. The summed E-state index contributed by atoms with van der Waals surface area (Å²) in [6, 6.07) is 1.93. The Morgan fingerprint density at radius 3 is 3.04 bits per heavy atom. The minimum Gasteiger partial charge on any atom is -0.342 e. The molecule has 0 N–H and O–H groups in total. The molecule has 1 saturated heterocycles. The van der Waals surface area contributed by atoms with E-state index in [1.165, 1.54) is 29.5 Å². The molecule has 0 radical (unpaired) electrons. The van der Waals surface area contributed by atoms with E-state index < -0.39 is 0 Å². The van der Waals surface area contributed by atoms with E-state index in [0.29, 0.717) is 33.8 Å². The summed E-state index contributed by atoms with van der Waals surface area (Å²) in [6.45, 7) is 6.60. The lowest BCUT2D eigenvalue weighted by atomic mass is 10.0. The number of hydrogen-bond donors (Lipinski definition) is 0. The Bertz CT molecular complexity index is 1050. The Hall–Kier alpha value is -1.87. The molecule has 1 unspecified atom stereocenters. The van der Waals surface area contributed by atoms with Crippen LogP contribution >= 0.6 is 23.1 Å². The molecule has 0 aliphatic carbocycles. The largest absolute Gasteiger partial charge is 0.342 e. The summed E-state index contributed by atoms with van der Waals surface area (Å²) in [5, 5.41) is 11.2. The third-order valence-electron chi connectivity index (χ3n) is 5.25. The number of amides is 1. The van der Waals surface area contributed by atoms with Gasteiger partial charge < -0.3 is 4.90 Å². The highest BCUT2D eigenvalue weighted by atomic mass is 32.2. The number of thioether (sulfide) groups is 1. The molecule has 3 aromatic rings. The number of unbranched alkanes of at least 4 members (excludes halogenated alkanes) is 1. The van der Waals surface area contributed by atoms with Gasteiger partial charge in [-0.05, 0) is 36.6 Å². The fourth-order valence-electron chi connectivity index (χ4n) is 3.74. The molecular weight excluding hydrogens is 394 g/mol. The van der Waals surface area contributed by atoms with Crippen molar-refractivity contribution in [3.05, 3.63) is 21.8 Å². The smallest absolute Gasteiger partial charge is 0.272 e. The second kappa shape index (κ2) is 8.24. The van der Waals surface area contributed by atoms with E-state index in [9.17, 15) is 9.59 Å². The first kappa shape index (κ1) is 19.4. The molecule has 4 rings (SSSR count). The molecule has 1 aliphatic heterocycles. The number of fused-ring (bicyclic) bond motifs is 3. The van der Waals surface area contributed by atoms with Crippen LogP contribution in [0.25, 0.3) is 16.0 Å². The van der Waals surface area contributed by atoms with Crippen LogP contribution in [0, 0.1) is 5.92 Å². The van der Waals surface area contributed by atoms with Gasteiger partial charge in [0.15, 0.2) is 5.16 Å². The van der Waals surface area contributed by atoms with Crippen molar-refractivity contribution >= 4 is 45.0 Å². The Kier molecular flexibility index (Phi) is 5.73. The third kappa shape index (κ3) is 3.57. The number of carbonyl (C=O) groups is 1. The van der Waals surface area contributed by atoms with Crippen molar-refractivity contribution < 1.29 is 4.79 Å². The van der Waals surface area contributed by atoms with Gasteiger partial charge in [-0.3, -0.25) is 18.6 Å². The summed E-state index contributed by atoms with van der Waals surface area (Å²) < 4.78 is 4.36. The van der Waals surface area contributed by atoms with Gasteiger partial charge in [-0.15, -0.1) is 21.5 Å². The van der Waals surface area contributed by atoms with E-state index in [-0.39, 0.29) is 11.5 Å². The lowest BCUT2D eigenvalue weighted by Crippen LogP contribution is -2.40. The zero-order chi connectivity index (χ0) is 19.7. The highest BCUT2D eigenvalue weighted by molar-refractivity contribution is 7.99. The first-order valence-electron chi connectivity index (χ1n) is 9.85. The quantitative estimate of drug-likeness (QED) is 0.574. The van der Waals surface area contributed by atoms with Gasteiger partial charge in [-0.25, -0.2) is 0 Å². The van der Waals surface area contributed by atoms with E-state index in [1.807, 2.05) is 20.7 Å². The minimum atomic E-state index is -0.00622. The van der Waals surface area contributed by atoms with Crippen molar-refractivity contribution in [2.75, 3.05) is 18.8 Å². The molecule has 9 heteroatoms. The molecule has 4 heterocycles. The SMILES string of the molecule is CCCCn1c(=O)c2sccc2n2c(SCC(=O)N3CCCC(C)C3)nnc12. The first-order valence-corrected chi connectivity index (χ1v) is 11.7. The van der Waals surface area contributed by atoms with E-state index in [1.54, 1.807) is 4.57 Å². The summed E-state index contributed by atoms with van der Waals surface area (Å²) in [5.41, 5.74) is 0.817. The van der Waals surface area contributed by atoms with Gasteiger partial charge in [-0.1, -0.05) is 32.0 Å². The van der Waals surface area contributed by atoms with Crippen molar-refractivity contribution in [2.24, 2.45) is 5.92 Å². The number of hydrogen-bond acceptors (Lipinski definition) is 6. The van der Waals surface area contributed by atoms with Gasteiger partial charge in [0.25, 0.3) is 5.56 Å². The van der Waals surface area contributed by atoms with Crippen LogP contribution in [0.15, 0.2) is 21.4 Å². The molecule has 1 amide bonds. The average molecular weight is 420 g/mol. The third-order valence-corrected chi connectivity index (χ3v) is 7.06. The number of nitrogens with zero attached hydrogens (tertiary/aromatic N) is 5. The number of piperidine rings is 1. The van der Waals surface area contributed by atoms with Crippen LogP contribution in [0.5, 0.6) is 0 Å². The molecule has 0 saturated carbocycles. The zero-order valence-corrected chi connectivity index (χ0v) is 17.9. The van der Waals surface area contributed by atoms with Crippen LogP contribution in [-0.4, -0.2) is 48.8 Å². The van der Waals surface area contributed by atoms with Crippen molar-refractivity contribution in [1.82, 2.24) is 24.1 Å². The minimum absolute atomic E-state index is 0.00622. The Balaban J connectivity index is 1.64. The maximum Gasteiger partial charge on any atom is 0.272 e. The van der Waals surface area contributed by atoms with Crippen LogP contribution in [0.3, 0.4) is 0 Å². The van der Waals surface area contributed by atoms with E-state index in [4.69, 9.17) is 0 Å². The maximum atomic E-state index is 12.8. The highest BCUT2D eigenvalue weighted by Gasteiger charge is 2.23. The summed E-state index contributed by atoms with van der Waals surface area (Å²) >= 11 is 2.85. The van der Waals surface area contributed by atoms with E-state index >= 15 is 0 Å². The zero-order valence-electron chi connectivity index (χ0n) is 16.3. The van der Waals surface area contributed by atoms with Crippen LogP contribution in [0.4, 0.5) is 0 Å². The molecule has 1 atom stereocenters. The van der Waals surface area contributed by atoms with Gasteiger partial charge in [0.2, 0.25) is 11.7 Å². The Morgan fingerprint density at radius 1 is 1.39 bits per heavy atom. The summed E-state index contributed by atoms with van der Waals surface area (Å²) in [6.07, 6.45) is 4.18. The first-order chi connectivity index (χ1) is 13.6. The van der Waals surface area contributed by atoms with Gasteiger partial charge >= 0.3 is 0 Å². The molecule has 150 valence electrons. The molecule has 1 fully saturated rings. The second-order valence-electron chi connectivity index (χ2n) is 7.44. The number of thiophene rings is 1. The number of rotatable bonds is 6. The van der Waals surface area contributed by atoms with Crippen LogP contribution in [0.2, 0.25) is 0 Å². The number of aromatic nitrogens is 4. The maximum absolute atomic E-state index is 12.8. The summed E-state index contributed by atoms with van der Waals surface area (Å²) in [4.78, 5) is 27.5. The summed E-state index contributed by atoms with van der Waals surface area (Å²) in [5.74, 6) is 1.61. The Labute approximate surface area is 171 Å². The van der Waals surface area contributed by atoms with Gasteiger partial charge in [0.05, 0.1) is 11.3 Å². The lowest BCUT2D eigenvalue weighted by molar-refractivity contribution is -0.130. The molecule has 0 aromatic carbocycles. The highest BCUT2D eigenvalue weighted by Crippen LogP contribution is 2.25. The van der Waals surface area contributed by atoms with Crippen molar-refractivity contribution in [2.45, 2.75) is 51.2 Å². The van der Waals surface area contributed by atoms with Crippen LogP contribution in [0.1, 0.15) is 39.5 Å². The van der Waals surface area contributed by atoms with Crippen molar-refractivity contribution in [3.8, 4) is 0 Å². The summed E-state index contributed by atoms with van der Waals surface area (Å²) in [7, 11) is 0. The van der Waals surface area contributed by atoms with E-state index in [2.05, 4.69) is 24.0 Å². The number of likely N-dealkylation sites (tertiary alicyclic amines) is 1. The van der Waals surface area contributed by atoms with Crippen molar-refractivity contribution in [3.63, 3.8) is 0 Å². The topological polar surface area (TPSA) is 72.5 Å². The molecule has 3 aromatic heterocycles. The van der Waals surface area contributed by atoms with E-state index in [0.717, 1.165) is 37.9 Å². The second-order valence-corrected chi connectivity index (χ2v) is 9.30. The van der Waals surface area contributed by atoms with Gasteiger partial charge in [0, 0.05) is 19.6 Å². The fraction of sp³-hybridized carbons (Fsp3) is 0.579. The van der Waals surface area contributed by atoms with Gasteiger partial charge in [0.1, 0.15) is 4.70 Å². The molecule has 7 nitrogen and oxygen atoms in total. The predicted molar refractivity (Wildman–Crippen MR) is 113 cm³/mol. The predicted octanol–water partition coefficient (Wildman–Crippen LogP) is 3.26. The lowest BCUT2D eigenvalue weighted by Gasteiger charge is -2.30. The standard InChI is InChI=1S/C19H25N5O2S2/c1-3-4-9-23-17(26)16-14(7-10-27-16)24-18(23)20-21-19(24)28-12-15(25)22-8-5-6-13(2)11-22/h7,10,13H,3-6,8-9,11-12H2,1-2H3. The van der Waals surface area contributed by atoms with Crippen LogP contribution in [-0.2, 0) is 11.3 Å². The monoisotopic (exact) mass is 419 g/mol. The normalized spacial score (nSPS) is 17.6. The Morgan fingerprint density at radius 2 is 2.25 bits per heavy atom. The molecular formula is C19H25N5O2S2. The average Bonchev–Trinajstić information content (AvgIpc) is 3.33. The van der Waals surface area contributed by atoms with Crippen LogP contribution < -0.4 is 5.56 Å². The fourth-order valence-corrected chi connectivity index (χ4v) is 5.41. The number of carbonyl (C=O) groups excluding carboxylic acids is 1. The van der Waals surface area contributed by atoms with Gasteiger partial charge in [-0.2, -0.15) is 0 Å². The molecule has 1 aliphatic rings. The number of aryl methyl sites for hydroxylation is 1. The van der Waals surface area contributed by atoms with Crippen molar-refractivity contribution in [1.29, 1.82) is 0 Å².